The third kappa shape index (κ3) is 3.49. The molecular weight excluding hydrogens is 218 g/mol. The van der Waals surface area contributed by atoms with E-state index in [9.17, 15) is 0 Å². The summed E-state index contributed by atoms with van der Waals surface area (Å²) in [5.74, 6) is 0. The van der Waals surface area contributed by atoms with Crippen LogP contribution in [0.5, 0.6) is 0 Å². The highest BCUT2D eigenvalue weighted by molar-refractivity contribution is 7.80. The Bertz CT molecular complexity index is 320. The number of thiocarbonyl (C=S) groups is 1. The van der Waals surface area contributed by atoms with E-state index < -0.39 is 0 Å². The minimum Gasteiger partial charge on any atom is -0.389 e. The van der Waals surface area contributed by atoms with Gasteiger partial charge >= 0.3 is 0 Å². The van der Waals surface area contributed by atoms with E-state index in [1.54, 1.807) is 0 Å². The van der Waals surface area contributed by atoms with Gasteiger partial charge in [0.05, 0.1) is 0 Å². The fourth-order valence-corrected chi connectivity index (χ4v) is 2.25. The van der Waals surface area contributed by atoms with Crippen LogP contribution in [0.2, 0.25) is 0 Å². The van der Waals surface area contributed by atoms with Crippen LogP contribution in [0.3, 0.4) is 0 Å². The summed E-state index contributed by atoms with van der Waals surface area (Å²) in [6, 6.07) is 2.11. The number of nitrogens with zero attached hydrogens (tertiary/aromatic N) is 2. The molecule has 0 aromatic carbocycles. The molecule has 1 heterocycles. The third-order valence-corrected chi connectivity index (χ3v) is 3.25. The van der Waals surface area contributed by atoms with E-state index >= 15 is 0 Å². The van der Waals surface area contributed by atoms with Gasteiger partial charge in [0.15, 0.2) is 0 Å². The summed E-state index contributed by atoms with van der Waals surface area (Å²) < 4.78 is 0. The molecule has 1 fully saturated rings. The van der Waals surface area contributed by atoms with Crippen LogP contribution in [0.4, 0.5) is 0 Å². The first-order valence-electron chi connectivity index (χ1n) is 5.82. The van der Waals surface area contributed by atoms with Gasteiger partial charge in [-0.1, -0.05) is 31.5 Å². The van der Waals surface area contributed by atoms with Crippen molar-refractivity contribution in [2.24, 2.45) is 5.73 Å². The van der Waals surface area contributed by atoms with Crippen molar-refractivity contribution in [3.8, 4) is 6.07 Å². The van der Waals surface area contributed by atoms with E-state index in [2.05, 4.69) is 11.0 Å². The maximum absolute atomic E-state index is 9.02. The molecule has 0 aromatic rings. The van der Waals surface area contributed by atoms with Crippen LogP contribution < -0.4 is 5.73 Å². The van der Waals surface area contributed by atoms with E-state index in [1.165, 1.54) is 32.1 Å². The van der Waals surface area contributed by atoms with Crippen LogP contribution in [0.15, 0.2) is 11.3 Å². The molecule has 0 unspecified atom stereocenters. The fourth-order valence-electron chi connectivity index (χ4n) is 2.06. The predicted molar refractivity (Wildman–Crippen MR) is 69.8 cm³/mol. The van der Waals surface area contributed by atoms with E-state index in [0.717, 1.165) is 18.8 Å². The molecule has 88 valence electrons. The summed E-state index contributed by atoms with van der Waals surface area (Å²) in [5, 5.41) is 9.02. The summed E-state index contributed by atoms with van der Waals surface area (Å²) in [5.41, 5.74) is 6.96. The molecule has 0 amide bonds. The summed E-state index contributed by atoms with van der Waals surface area (Å²) in [4.78, 5) is 2.46. The van der Waals surface area contributed by atoms with E-state index in [4.69, 9.17) is 23.2 Å². The molecule has 2 N–H and O–H groups in total. The zero-order chi connectivity index (χ0) is 12.0. The van der Waals surface area contributed by atoms with Crippen LogP contribution in [-0.4, -0.2) is 23.0 Å². The van der Waals surface area contributed by atoms with Crippen molar-refractivity contribution in [1.29, 1.82) is 5.26 Å². The van der Waals surface area contributed by atoms with Gasteiger partial charge in [-0.15, -0.1) is 0 Å². The van der Waals surface area contributed by atoms with Gasteiger partial charge in [0.25, 0.3) is 0 Å². The summed E-state index contributed by atoms with van der Waals surface area (Å²) >= 11 is 4.89. The van der Waals surface area contributed by atoms with Crippen LogP contribution in [0.1, 0.15) is 39.0 Å². The Balaban J connectivity index is 2.80. The number of hydrogen-bond acceptors (Lipinski definition) is 3. The molecule has 16 heavy (non-hydrogen) atoms. The first-order chi connectivity index (χ1) is 7.66. The monoisotopic (exact) mass is 237 g/mol. The molecule has 1 aliphatic heterocycles. The lowest BCUT2D eigenvalue weighted by Crippen LogP contribution is -2.28. The predicted octanol–water partition coefficient (Wildman–Crippen LogP) is 2.34. The highest BCUT2D eigenvalue weighted by Crippen LogP contribution is 2.17. The number of allylic oxidation sites excluding steroid dienone is 1. The molecule has 0 saturated carbocycles. The number of hydrogen-bond donors (Lipinski definition) is 1. The highest BCUT2D eigenvalue weighted by Gasteiger charge is 2.13. The molecule has 1 rings (SSSR count). The van der Waals surface area contributed by atoms with E-state index in [0.29, 0.717) is 5.57 Å². The quantitative estimate of drug-likeness (QED) is 0.455. The maximum atomic E-state index is 9.02. The Kier molecular flexibility index (Phi) is 5.27. The lowest BCUT2D eigenvalue weighted by Gasteiger charge is -2.28. The van der Waals surface area contributed by atoms with Gasteiger partial charge in [-0.05, 0) is 19.8 Å². The smallest absolute Gasteiger partial charge is 0.116 e. The van der Waals surface area contributed by atoms with Gasteiger partial charge in [-0.2, -0.15) is 5.26 Å². The van der Waals surface area contributed by atoms with Crippen LogP contribution in [0.25, 0.3) is 0 Å². The third-order valence-electron chi connectivity index (χ3n) is 3.05. The summed E-state index contributed by atoms with van der Waals surface area (Å²) in [6.07, 6.45) is 6.26. The molecule has 0 spiro atoms. The zero-order valence-corrected chi connectivity index (χ0v) is 10.6. The Morgan fingerprint density at radius 1 is 1.19 bits per heavy atom. The number of nitriles is 1. The standard InChI is InChI=1S/C12H19N3S/c1-10(11(9-13)12(14)16)15-7-5-3-2-4-6-8-15/h2-8H2,1H3,(H2,14,16). The first kappa shape index (κ1) is 13.0. The summed E-state index contributed by atoms with van der Waals surface area (Å²) in [6.45, 7) is 3.97. The van der Waals surface area contributed by atoms with Crippen molar-refractivity contribution in [3.63, 3.8) is 0 Å². The van der Waals surface area contributed by atoms with Crippen LogP contribution in [-0.2, 0) is 0 Å². The molecule has 0 radical (unpaired) electrons. The second-order valence-electron chi connectivity index (χ2n) is 4.19. The van der Waals surface area contributed by atoms with Crippen molar-refractivity contribution in [1.82, 2.24) is 4.90 Å². The van der Waals surface area contributed by atoms with Gasteiger partial charge in [0.1, 0.15) is 16.6 Å². The van der Waals surface area contributed by atoms with Crippen molar-refractivity contribution >= 4 is 17.2 Å². The molecule has 0 atom stereocenters. The van der Waals surface area contributed by atoms with Crippen molar-refractivity contribution in [3.05, 3.63) is 11.3 Å². The maximum Gasteiger partial charge on any atom is 0.116 e. The highest BCUT2D eigenvalue weighted by atomic mass is 32.1. The Labute approximate surface area is 103 Å². The molecule has 0 aromatic heterocycles. The second kappa shape index (κ2) is 6.49. The minimum atomic E-state index is 0.210. The van der Waals surface area contributed by atoms with E-state index in [1.807, 2.05) is 6.92 Å². The van der Waals surface area contributed by atoms with Crippen molar-refractivity contribution in [2.75, 3.05) is 13.1 Å². The minimum absolute atomic E-state index is 0.210. The van der Waals surface area contributed by atoms with Gasteiger partial charge in [0, 0.05) is 18.8 Å². The first-order valence-corrected chi connectivity index (χ1v) is 6.23. The fraction of sp³-hybridized carbons (Fsp3) is 0.667. The second-order valence-corrected chi connectivity index (χ2v) is 4.63. The molecule has 3 nitrogen and oxygen atoms in total. The number of nitrogens with two attached hydrogens (primary N) is 1. The normalized spacial score (nSPS) is 19.1. The van der Waals surface area contributed by atoms with Crippen LogP contribution >= 0.6 is 12.2 Å². The molecule has 0 bridgehead atoms. The van der Waals surface area contributed by atoms with Gasteiger partial charge in [-0.25, -0.2) is 0 Å². The Morgan fingerprint density at radius 3 is 2.12 bits per heavy atom. The van der Waals surface area contributed by atoms with Crippen molar-refractivity contribution < 1.29 is 0 Å². The SMILES string of the molecule is CC(=C(C#N)C(N)=S)N1CCCCCCC1. The molecule has 4 heteroatoms. The average molecular weight is 237 g/mol. The Hall–Kier alpha value is -1.08. The largest absolute Gasteiger partial charge is 0.389 e. The lowest BCUT2D eigenvalue weighted by molar-refractivity contribution is 0.305. The number of rotatable bonds is 2. The molecule has 1 aliphatic rings. The van der Waals surface area contributed by atoms with Gasteiger partial charge < -0.3 is 10.6 Å². The molecule has 1 saturated heterocycles. The topological polar surface area (TPSA) is 53.1 Å². The van der Waals surface area contributed by atoms with Gasteiger partial charge in [-0.3, -0.25) is 0 Å². The average Bonchev–Trinajstić information content (AvgIpc) is 2.16. The van der Waals surface area contributed by atoms with Crippen molar-refractivity contribution in [2.45, 2.75) is 39.0 Å². The molecular formula is C12H19N3S. The van der Waals surface area contributed by atoms with Crippen LogP contribution in [0, 0.1) is 11.3 Å². The zero-order valence-electron chi connectivity index (χ0n) is 9.83. The van der Waals surface area contributed by atoms with Gasteiger partial charge in [0.2, 0.25) is 0 Å². The number of likely N-dealkylation sites (tertiary alicyclic amines) is 1. The molecule has 0 aliphatic carbocycles. The van der Waals surface area contributed by atoms with E-state index in [-0.39, 0.29) is 4.99 Å². The lowest BCUT2D eigenvalue weighted by atomic mass is 10.1. The Morgan fingerprint density at radius 2 is 1.69 bits per heavy atom. The summed E-state index contributed by atoms with van der Waals surface area (Å²) in [7, 11) is 0.